The van der Waals surface area contributed by atoms with E-state index >= 15 is 0 Å². The summed E-state index contributed by atoms with van der Waals surface area (Å²) in [5, 5.41) is 3.15. The predicted molar refractivity (Wildman–Crippen MR) is 78.2 cm³/mol. The molecule has 0 aliphatic heterocycles. The first kappa shape index (κ1) is 14.0. The number of halogens is 3. The molecule has 0 bridgehead atoms. The highest BCUT2D eigenvalue weighted by Crippen LogP contribution is 2.24. The quantitative estimate of drug-likeness (QED) is 0.834. The second-order valence-corrected chi connectivity index (χ2v) is 5.30. The van der Waals surface area contributed by atoms with Crippen LogP contribution in [0.3, 0.4) is 0 Å². The van der Waals surface area contributed by atoms with Crippen molar-refractivity contribution in [2.45, 2.75) is 6.92 Å². The van der Waals surface area contributed by atoms with E-state index < -0.39 is 5.82 Å². The Morgan fingerprint density at radius 2 is 2.00 bits per heavy atom. The van der Waals surface area contributed by atoms with Gasteiger partial charge in [0.05, 0.1) is 5.69 Å². The van der Waals surface area contributed by atoms with Crippen LogP contribution >= 0.6 is 27.5 Å². The van der Waals surface area contributed by atoms with Gasteiger partial charge < -0.3 is 5.32 Å². The molecule has 0 aromatic heterocycles. The summed E-state index contributed by atoms with van der Waals surface area (Å²) in [6.45, 7) is 1.85. The van der Waals surface area contributed by atoms with Gasteiger partial charge in [-0.1, -0.05) is 17.7 Å². The van der Waals surface area contributed by atoms with E-state index in [0.29, 0.717) is 20.7 Å². The highest BCUT2D eigenvalue weighted by Gasteiger charge is 2.10. The highest BCUT2D eigenvalue weighted by molar-refractivity contribution is 9.10. The van der Waals surface area contributed by atoms with Crippen LogP contribution < -0.4 is 5.32 Å². The molecule has 0 heterocycles. The molecule has 98 valence electrons. The number of amides is 1. The molecule has 0 saturated carbocycles. The zero-order valence-electron chi connectivity index (χ0n) is 10.0. The summed E-state index contributed by atoms with van der Waals surface area (Å²) in [4.78, 5) is 12.0. The molecular weight excluding hydrogens is 333 g/mol. The summed E-state index contributed by atoms with van der Waals surface area (Å²) in [6.07, 6.45) is 0. The maximum Gasteiger partial charge on any atom is 0.255 e. The van der Waals surface area contributed by atoms with E-state index in [-0.39, 0.29) is 5.91 Å². The molecular formula is C14H10BrClFNO. The molecule has 2 rings (SSSR count). The van der Waals surface area contributed by atoms with Gasteiger partial charge in [-0.25, -0.2) is 4.39 Å². The van der Waals surface area contributed by atoms with Crippen LogP contribution in [0.15, 0.2) is 40.9 Å². The number of nitrogens with one attached hydrogen (secondary N) is 1. The van der Waals surface area contributed by atoms with Crippen LogP contribution in [0.1, 0.15) is 15.9 Å². The number of rotatable bonds is 2. The summed E-state index contributed by atoms with van der Waals surface area (Å²) >= 11 is 9.22. The lowest BCUT2D eigenvalue weighted by molar-refractivity contribution is 0.102. The summed E-state index contributed by atoms with van der Waals surface area (Å²) < 4.78 is 13.7. The lowest BCUT2D eigenvalue weighted by Gasteiger charge is -2.08. The number of carbonyl (C=O) groups excluding carboxylic acids is 1. The van der Waals surface area contributed by atoms with Crippen LogP contribution in [-0.4, -0.2) is 5.91 Å². The first-order chi connectivity index (χ1) is 8.97. The summed E-state index contributed by atoms with van der Waals surface area (Å²) in [6, 6.07) is 9.11. The molecule has 2 nitrogen and oxygen atoms in total. The Labute approximate surface area is 123 Å². The van der Waals surface area contributed by atoms with Crippen molar-refractivity contribution < 1.29 is 9.18 Å². The van der Waals surface area contributed by atoms with Gasteiger partial charge in [0.15, 0.2) is 0 Å². The van der Waals surface area contributed by atoms with Gasteiger partial charge in [-0.05, 0) is 58.7 Å². The number of anilines is 1. The molecule has 0 aliphatic carbocycles. The Bertz CT molecular complexity index is 645. The molecule has 0 fully saturated rings. The van der Waals surface area contributed by atoms with Crippen LogP contribution in [0, 0.1) is 12.7 Å². The first-order valence-corrected chi connectivity index (χ1v) is 6.67. The van der Waals surface area contributed by atoms with Gasteiger partial charge in [0.1, 0.15) is 5.82 Å². The maximum absolute atomic E-state index is 13.1. The molecule has 1 N–H and O–H groups in total. The van der Waals surface area contributed by atoms with Gasteiger partial charge >= 0.3 is 0 Å². The van der Waals surface area contributed by atoms with E-state index in [0.717, 1.165) is 5.56 Å². The average Bonchev–Trinajstić information content (AvgIpc) is 2.37. The summed E-state index contributed by atoms with van der Waals surface area (Å²) in [7, 11) is 0. The van der Waals surface area contributed by atoms with Gasteiger partial charge in [0, 0.05) is 15.1 Å². The number of benzene rings is 2. The minimum Gasteiger partial charge on any atom is -0.321 e. The summed E-state index contributed by atoms with van der Waals surface area (Å²) in [5.74, 6) is -0.756. The average molecular weight is 343 g/mol. The molecule has 5 heteroatoms. The normalized spacial score (nSPS) is 10.3. The predicted octanol–water partition coefficient (Wildman–Crippen LogP) is 4.80. The second kappa shape index (κ2) is 5.72. The van der Waals surface area contributed by atoms with Crippen LogP contribution in [0.2, 0.25) is 5.02 Å². The van der Waals surface area contributed by atoms with Crippen molar-refractivity contribution in [3.63, 3.8) is 0 Å². The fourth-order valence-electron chi connectivity index (χ4n) is 1.52. The van der Waals surface area contributed by atoms with E-state index in [1.807, 2.05) is 6.92 Å². The van der Waals surface area contributed by atoms with Gasteiger partial charge in [0.25, 0.3) is 5.91 Å². The molecule has 0 spiro atoms. The van der Waals surface area contributed by atoms with E-state index in [4.69, 9.17) is 11.6 Å². The van der Waals surface area contributed by atoms with Gasteiger partial charge in [-0.2, -0.15) is 0 Å². The fraction of sp³-hybridized carbons (Fsp3) is 0.0714. The Kier molecular flexibility index (Phi) is 4.22. The maximum atomic E-state index is 13.1. The standard InChI is InChI=1S/C14H10BrClFNO/c1-8-2-3-9(6-12(8)16)14(19)18-13-7-10(17)4-5-11(13)15/h2-7H,1H3,(H,18,19). The van der Waals surface area contributed by atoms with Crippen molar-refractivity contribution in [2.24, 2.45) is 0 Å². The van der Waals surface area contributed by atoms with Gasteiger partial charge in [0.2, 0.25) is 0 Å². The lowest BCUT2D eigenvalue weighted by Crippen LogP contribution is -2.12. The molecule has 1 amide bonds. The minimum atomic E-state index is -0.416. The van der Waals surface area contributed by atoms with Crippen molar-refractivity contribution in [3.05, 3.63) is 62.8 Å². The van der Waals surface area contributed by atoms with E-state index in [9.17, 15) is 9.18 Å². The SMILES string of the molecule is Cc1ccc(C(=O)Nc2cc(F)ccc2Br)cc1Cl. The minimum absolute atomic E-state index is 0.340. The highest BCUT2D eigenvalue weighted by atomic mass is 79.9. The number of carbonyl (C=O) groups is 1. The smallest absolute Gasteiger partial charge is 0.255 e. The van der Waals surface area contributed by atoms with Gasteiger partial charge in [-0.15, -0.1) is 0 Å². The van der Waals surface area contributed by atoms with Crippen molar-refractivity contribution >= 4 is 39.1 Å². The van der Waals surface area contributed by atoms with Crippen molar-refractivity contribution in [1.29, 1.82) is 0 Å². The molecule has 0 aliphatic rings. The van der Waals surface area contributed by atoms with Gasteiger partial charge in [-0.3, -0.25) is 4.79 Å². The molecule has 0 saturated heterocycles. The number of hydrogen-bond donors (Lipinski definition) is 1. The number of aryl methyl sites for hydroxylation is 1. The van der Waals surface area contributed by atoms with Crippen molar-refractivity contribution in [1.82, 2.24) is 0 Å². The third-order valence-corrected chi connectivity index (χ3v) is 3.71. The Morgan fingerprint density at radius 3 is 2.68 bits per heavy atom. The Morgan fingerprint density at radius 1 is 1.26 bits per heavy atom. The third-order valence-electron chi connectivity index (χ3n) is 2.61. The van der Waals surface area contributed by atoms with Crippen molar-refractivity contribution in [3.8, 4) is 0 Å². The monoisotopic (exact) mass is 341 g/mol. The van der Waals surface area contributed by atoms with Crippen LogP contribution in [0.25, 0.3) is 0 Å². The molecule has 2 aromatic rings. The van der Waals surface area contributed by atoms with E-state index in [2.05, 4.69) is 21.2 Å². The Hall–Kier alpha value is -1.39. The van der Waals surface area contributed by atoms with Crippen molar-refractivity contribution in [2.75, 3.05) is 5.32 Å². The molecule has 0 radical (unpaired) electrons. The molecule has 0 atom stereocenters. The number of hydrogen-bond acceptors (Lipinski definition) is 1. The van der Waals surface area contributed by atoms with Crippen LogP contribution in [-0.2, 0) is 0 Å². The first-order valence-electron chi connectivity index (χ1n) is 5.50. The third kappa shape index (κ3) is 3.33. The second-order valence-electron chi connectivity index (χ2n) is 4.04. The Balaban J connectivity index is 2.25. The molecule has 19 heavy (non-hydrogen) atoms. The summed E-state index contributed by atoms with van der Waals surface area (Å²) in [5.41, 5.74) is 1.69. The zero-order chi connectivity index (χ0) is 14.0. The van der Waals surface area contributed by atoms with E-state index in [1.54, 1.807) is 18.2 Å². The largest absolute Gasteiger partial charge is 0.321 e. The molecule has 2 aromatic carbocycles. The lowest BCUT2D eigenvalue weighted by atomic mass is 10.1. The zero-order valence-corrected chi connectivity index (χ0v) is 12.3. The molecule has 0 unspecified atom stereocenters. The topological polar surface area (TPSA) is 29.1 Å². The fourth-order valence-corrected chi connectivity index (χ4v) is 2.05. The van der Waals surface area contributed by atoms with Crippen LogP contribution in [0.5, 0.6) is 0 Å². The van der Waals surface area contributed by atoms with Crippen LogP contribution in [0.4, 0.5) is 10.1 Å². The van der Waals surface area contributed by atoms with E-state index in [1.165, 1.54) is 18.2 Å².